The molecule has 0 aliphatic carbocycles. The van der Waals surface area contributed by atoms with Gasteiger partial charge in [0.15, 0.2) is 0 Å². The van der Waals surface area contributed by atoms with Gasteiger partial charge in [0.2, 0.25) is 0 Å². The fourth-order valence-corrected chi connectivity index (χ4v) is 1.50. The Bertz CT molecular complexity index is 433. The maximum atomic E-state index is 5.70. The van der Waals surface area contributed by atoms with Crippen molar-refractivity contribution in [2.75, 3.05) is 0 Å². The summed E-state index contributed by atoms with van der Waals surface area (Å²) >= 11 is 0. The lowest BCUT2D eigenvalue weighted by Gasteiger charge is -2.00. The van der Waals surface area contributed by atoms with E-state index >= 15 is 0 Å². The van der Waals surface area contributed by atoms with Gasteiger partial charge in [-0.05, 0) is 31.9 Å². The van der Waals surface area contributed by atoms with Crippen LogP contribution in [-0.4, -0.2) is 21.0 Å². The fraction of sp³-hybridized carbons (Fsp3) is 0.333. The van der Waals surface area contributed by atoms with E-state index in [4.69, 9.17) is 5.73 Å². The van der Waals surface area contributed by atoms with Gasteiger partial charge in [0, 0.05) is 6.04 Å². The van der Waals surface area contributed by atoms with Gasteiger partial charge in [-0.25, -0.2) is 4.68 Å². The molecule has 0 saturated heterocycles. The number of nitrogens with zero attached hydrogens (tertiary/aromatic N) is 3. The summed E-state index contributed by atoms with van der Waals surface area (Å²) in [6.45, 7) is 2.00. The van der Waals surface area contributed by atoms with Crippen molar-refractivity contribution in [3.63, 3.8) is 0 Å². The van der Waals surface area contributed by atoms with Gasteiger partial charge in [0.05, 0.1) is 17.6 Å². The maximum Gasteiger partial charge on any atom is 0.0832 e. The number of aryl methyl sites for hydroxylation is 1. The zero-order valence-corrected chi connectivity index (χ0v) is 9.37. The number of nitrogens with two attached hydrogens (primary N) is 1. The number of aromatic nitrogens is 3. The van der Waals surface area contributed by atoms with E-state index in [-0.39, 0.29) is 6.04 Å². The molecule has 0 radical (unpaired) electrons. The molecule has 1 atom stereocenters. The number of rotatable bonds is 4. The summed E-state index contributed by atoms with van der Waals surface area (Å²) in [6.07, 6.45) is 3.77. The Kier molecular flexibility index (Phi) is 3.31. The number of para-hydroxylation sites is 1. The summed E-state index contributed by atoms with van der Waals surface area (Å²) in [4.78, 5) is 0. The Morgan fingerprint density at radius 3 is 2.75 bits per heavy atom. The molecule has 2 rings (SSSR count). The zero-order valence-electron chi connectivity index (χ0n) is 9.37. The van der Waals surface area contributed by atoms with Crippen LogP contribution in [0.15, 0.2) is 36.5 Å². The van der Waals surface area contributed by atoms with Gasteiger partial charge in [0.25, 0.3) is 0 Å². The topological polar surface area (TPSA) is 56.7 Å². The van der Waals surface area contributed by atoms with Gasteiger partial charge >= 0.3 is 0 Å². The smallest absolute Gasteiger partial charge is 0.0832 e. The van der Waals surface area contributed by atoms with Crippen LogP contribution in [0.3, 0.4) is 0 Å². The minimum Gasteiger partial charge on any atom is -0.328 e. The van der Waals surface area contributed by atoms with Crippen LogP contribution in [0.5, 0.6) is 0 Å². The lowest BCUT2D eigenvalue weighted by molar-refractivity contribution is 0.656. The molecule has 2 aromatic rings. The molecule has 1 heterocycles. The van der Waals surface area contributed by atoms with Gasteiger partial charge in [-0.3, -0.25) is 0 Å². The third-order valence-corrected chi connectivity index (χ3v) is 2.42. The van der Waals surface area contributed by atoms with Crippen molar-refractivity contribution in [1.82, 2.24) is 15.0 Å². The Labute approximate surface area is 95.1 Å². The van der Waals surface area contributed by atoms with Crippen molar-refractivity contribution in [3.8, 4) is 5.69 Å². The first-order valence-corrected chi connectivity index (χ1v) is 5.48. The van der Waals surface area contributed by atoms with E-state index in [0.717, 1.165) is 24.2 Å². The van der Waals surface area contributed by atoms with Gasteiger partial charge in [-0.1, -0.05) is 23.4 Å². The van der Waals surface area contributed by atoms with Crippen LogP contribution >= 0.6 is 0 Å². The molecule has 0 aliphatic rings. The van der Waals surface area contributed by atoms with Gasteiger partial charge < -0.3 is 5.73 Å². The van der Waals surface area contributed by atoms with Crippen LogP contribution in [0.1, 0.15) is 19.0 Å². The largest absolute Gasteiger partial charge is 0.328 e. The van der Waals surface area contributed by atoms with Crippen LogP contribution < -0.4 is 5.73 Å². The SMILES string of the molecule is C[C@H](N)CCc1cn(-c2ccccc2)nn1. The van der Waals surface area contributed by atoms with E-state index in [1.165, 1.54) is 0 Å². The first-order valence-electron chi connectivity index (χ1n) is 5.48. The van der Waals surface area contributed by atoms with E-state index in [1.807, 2.05) is 43.5 Å². The fourth-order valence-electron chi connectivity index (χ4n) is 1.50. The molecule has 84 valence electrons. The van der Waals surface area contributed by atoms with E-state index in [0.29, 0.717) is 0 Å². The van der Waals surface area contributed by atoms with E-state index < -0.39 is 0 Å². The third kappa shape index (κ3) is 2.67. The van der Waals surface area contributed by atoms with Crippen molar-refractivity contribution >= 4 is 0 Å². The summed E-state index contributed by atoms with van der Waals surface area (Å²) in [5.41, 5.74) is 7.72. The van der Waals surface area contributed by atoms with E-state index in [1.54, 1.807) is 4.68 Å². The molecular formula is C12H16N4. The second kappa shape index (κ2) is 4.90. The summed E-state index contributed by atoms with van der Waals surface area (Å²) in [7, 11) is 0. The quantitative estimate of drug-likeness (QED) is 0.843. The molecule has 0 saturated carbocycles. The standard InChI is InChI=1S/C12H16N4/c1-10(13)7-8-11-9-16(15-14-11)12-5-3-2-4-6-12/h2-6,9-10H,7-8,13H2,1H3/t10-/m0/s1. The molecule has 1 aromatic heterocycles. The molecule has 0 spiro atoms. The molecule has 1 aromatic carbocycles. The van der Waals surface area contributed by atoms with Crippen molar-refractivity contribution in [3.05, 3.63) is 42.2 Å². The summed E-state index contributed by atoms with van der Waals surface area (Å²) in [5, 5.41) is 8.21. The second-order valence-electron chi connectivity index (χ2n) is 4.01. The first kappa shape index (κ1) is 10.8. The highest BCUT2D eigenvalue weighted by molar-refractivity contribution is 5.29. The number of benzene rings is 1. The highest BCUT2D eigenvalue weighted by atomic mass is 15.4. The maximum absolute atomic E-state index is 5.70. The van der Waals surface area contributed by atoms with Crippen LogP contribution in [0.4, 0.5) is 0 Å². The first-order chi connectivity index (χ1) is 7.75. The molecule has 0 unspecified atom stereocenters. The van der Waals surface area contributed by atoms with Crippen molar-refractivity contribution in [1.29, 1.82) is 0 Å². The zero-order chi connectivity index (χ0) is 11.4. The molecule has 2 N–H and O–H groups in total. The van der Waals surface area contributed by atoms with Crippen molar-refractivity contribution in [2.45, 2.75) is 25.8 Å². The highest BCUT2D eigenvalue weighted by Crippen LogP contribution is 2.07. The third-order valence-electron chi connectivity index (χ3n) is 2.42. The van der Waals surface area contributed by atoms with Gasteiger partial charge in [-0.15, -0.1) is 5.10 Å². The monoisotopic (exact) mass is 216 g/mol. The normalized spacial score (nSPS) is 12.6. The predicted octanol–water partition coefficient (Wildman–Crippen LogP) is 1.55. The minimum atomic E-state index is 0.210. The predicted molar refractivity (Wildman–Crippen MR) is 63.3 cm³/mol. The van der Waals surface area contributed by atoms with Crippen LogP contribution in [-0.2, 0) is 6.42 Å². The molecule has 4 nitrogen and oxygen atoms in total. The van der Waals surface area contributed by atoms with Crippen molar-refractivity contribution < 1.29 is 0 Å². The van der Waals surface area contributed by atoms with Gasteiger partial charge in [-0.2, -0.15) is 0 Å². The lowest BCUT2D eigenvalue weighted by Crippen LogP contribution is -2.15. The molecule has 0 aliphatic heterocycles. The summed E-state index contributed by atoms with van der Waals surface area (Å²) in [6, 6.07) is 10.2. The molecule has 0 amide bonds. The number of hydrogen-bond acceptors (Lipinski definition) is 3. The lowest BCUT2D eigenvalue weighted by atomic mass is 10.1. The Hall–Kier alpha value is -1.68. The average molecular weight is 216 g/mol. The Balaban J connectivity index is 2.08. The molecule has 16 heavy (non-hydrogen) atoms. The summed E-state index contributed by atoms with van der Waals surface area (Å²) in [5.74, 6) is 0. The van der Waals surface area contributed by atoms with E-state index in [9.17, 15) is 0 Å². The van der Waals surface area contributed by atoms with Crippen LogP contribution in [0.25, 0.3) is 5.69 Å². The van der Waals surface area contributed by atoms with E-state index in [2.05, 4.69) is 10.3 Å². The molecule has 4 heteroatoms. The second-order valence-corrected chi connectivity index (χ2v) is 4.01. The number of hydrogen-bond donors (Lipinski definition) is 1. The van der Waals surface area contributed by atoms with Gasteiger partial charge in [0.1, 0.15) is 0 Å². The van der Waals surface area contributed by atoms with Crippen LogP contribution in [0, 0.1) is 0 Å². The molecule has 0 fully saturated rings. The molecular weight excluding hydrogens is 200 g/mol. The highest BCUT2D eigenvalue weighted by Gasteiger charge is 2.03. The Morgan fingerprint density at radius 2 is 2.06 bits per heavy atom. The minimum absolute atomic E-state index is 0.210. The molecule has 0 bridgehead atoms. The Morgan fingerprint density at radius 1 is 1.31 bits per heavy atom. The van der Waals surface area contributed by atoms with Crippen LogP contribution in [0.2, 0.25) is 0 Å². The van der Waals surface area contributed by atoms with Crippen molar-refractivity contribution in [2.24, 2.45) is 5.73 Å². The average Bonchev–Trinajstić information content (AvgIpc) is 2.76. The summed E-state index contributed by atoms with van der Waals surface area (Å²) < 4.78 is 1.79.